The molecule has 3 rings (SSSR count). The molecule has 2 heterocycles. The fourth-order valence-electron chi connectivity index (χ4n) is 3.78. The van der Waals surface area contributed by atoms with Crippen molar-refractivity contribution in [1.29, 1.82) is 0 Å². The van der Waals surface area contributed by atoms with E-state index in [0.29, 0.717) is 30.2 Å². The summed E-state index contributed by atoms with van der Waals surface area (Å²) in [7, 11) is 0. The number of carbonyl (C=O) groups is 3. The van der Waals surface area contributed by atoms with Crippen LogP contribution in [0.15, 0.2) is 41.8 Å². The van der Waals surface area contributed by atoms with Crippen LogP contribution >= 0.6 is 11.3 Å². The second-order valence-corrected chi connectivity index (χ2v) is 10.4. The first-order chi connectivity index (χ1) is 16.2. The molecule has 1 aromatic carbocycles. The fourth-order valence-corrected chi connectivity index (χ4v) is 4.47. The summed E-state index contributed by atoms with van der Waals surface area (Å²) in [5.74, 6) is -0.331. The number of carbonyl (C=O) groups excluding carboxylic acids is 3. The van der Waals surface area contributed by atoms with Crippen molar-refractivity contribution in [3.63, 3.8) is 0 Å². The Balaban J connectivity index is 1.51. The molecule has 1 saturated heterocycles. The van der Waals surface area contributed by atoms with Crippen LogP contribution in [0.4, 0.5) is 16.2 Å². The van der Waals surface area contributed by atoms with E-state index in [0.717, 1.165) is 25.2 Å². The Kier molecular flexibility index (Phi) is 8.55. The lowest BCUT2D eigenvalue weighted by molar-refractivity contribution is -0.116. The molecule has 0 spiro atoms. The van der Waals surface area contributed by atoms with E-state index in [9.17, 15) is 14.4 Å². The number of piperazine rings is 1. The SMILES string of the molecule is CCCN(CC(=O)Nc1ccc(N2CCN(C(=O)NC(C)(C)C)CC2)cc1)C(=O)c1cccs1. The van der Waals surface area contributed by atoms with E-state index in [1.165, 1.54) is 11.3 Å². The van der Waals surface area contributed by atoms with Crippen LogP contribution in [0.3, 0.4) is 0 Å². The van der Waals surface area contributed by atoms with Gasteiger partial charge in [0, 0.05) is 49.6 Å². The zero-order valence-corrected chi connectivity index (χ0v) is 21.3. The first kappa shape index (κ1) is 25.6. The van der Waals surface area contributed by atoms with Crippen LogP contribution in [-0.4, -0.2) is 72.5 Å². The molecule has 9 heteroatoms. The molecule has 0 radical (unpaired) electrons. The molecule has 1 aliphatic heterocycles. The van der Waals surface area contributed by atoms with Gasteiger partial charge in [-0.3, -0.25) is 9.59 Å². The summed E-state index contributed by atoms with van der Waals surface area (Å²) in [5, 5.41) is 7.77. The van der Waals surface area contributed by atoms with Crippen molar-refractivity contribution in [2.24, 2.45) is 0 Å². The van der Waals surface area contributed by atoms with Gasteiger partial charge in [0.2, 0.25) is 5.91 Å². The highest BCUT2D eigenvalue weighted by atomic mass is 32.1. The minimum atomic E-state index is -0.251. The summed E-state index contributed by atoms with van der Waals surface area (Å²) >= 11 is 1.38. The van der Waals surface area contributed by atoms with Crippen molar-refractivity contribution in [3.05, 3.63) is 46.7 Å². The number of rotatable bonds is 7. The van der Waals surface area contributed by atoms with Crippen LogP contribution in [0, 0.1) is 0 Å². The zero-order chi connectivity index (χ0) is 24.7. The molecule has 8 nitrogen and oxygen atoms in total. The lowest BCUT2D eigenvalue weighted by Crippen LogP contribution is -2.55. The summed E-state index contributed by atoms with van der Waals surface area (Å²) in [5.41, 5.74) is 1.49. The van der Waals surface area contributed by atoms with E-state index in [4.69, 9.17) is 0 Å². The van der Waals surface area contributed by atoms with Gasteiger partial charge < -0.3 is 25.3 Å². The molecule has 1 aromatic heterocycles. The number of thiophene rings is 1. The predicted octanol–water partition coefficient (Wildman–Crippen LogP) is 3.87. The smallest absolute Gasteiger partial charge is 0.317 e. The Morgan fingerprint density at radius 1 is 1.03 bits per heavy atom. The van der Waals surface area contributed by atoms with Crippen LogP contribution in [0.1, 0.15) is 43.8 Å². The maximum absolute atomic E-state index is 12.7. The number of nitrogens with one attached hydrogen (secondary N) is 2. The largest absolute Gasteiger partial charge is 0.368 e. The second-order valence-electron chi connectivity index (χ2n) is 9.45. The molecule has 0 bridgehead atoms. The molecule has 184 valence electrons. The van der Waals surface area contributed by atoms with Gasteiger partial charge in [-0.1, -0.05) is 13.0 Å². The van der Waals surface area contributed by atoms with E-state index in [1.54, 1.807) is 11.0 Å². The first-order valence-corrected chi connectivity index (χ1v) is 12.6. The Morgan fingerprint density at radius 3 is 2.26 bits per heavy atom. The highest BCUT2D eigenvalue weighted by molar-refractivity contribution is 7.12. The van der Waals surface area contributed by atoms with Gasteiger partial charge in [0.1, 0.15) is 6.54 Å². The Bertz CT molecular complexity index is 961. The summed E-state index contributed by atoms with van der Waals surface area (Å²) in [4.78, 5) is 43.9. The minimum Gasteiger partial charge on any atom is -0.368 e. The van der Waals surface area contributed by atoms with Crippen LogP contribution in [0.2, 0.25) is 0 Å². The van der Waals surface area contributed by atoms with Crippen molar-refractivity contribution in [2.45, 2.75) is 39.7 Å². The van der Waals surface area contributed by atoms with Crippen LogP contribution in [0.25, 0.3) is 0 Å². The van der Waals surface area contributed by atoms with Gasteiger partial charge in [-0.2, -0.15) is 0 Å². The number of hydrogen-bond donors (Lipinski definition) is 2. The molecule has 2 aromatic rings. The van der Waals surface area contributed by atoms with E-state index >= 15 is 0 Å². The van der Waals surface area contributed by atoms with Gasteiger partial charge in [0.05, 0.1) is 4.88 Å². The zero-order valence-electron chi connectivity index (χ0n) is 20.5. The standard InChI is InChI=1S/C25H35N5O3S/c1-5-12-30(23(32)21-7-6-17-34-21)18-22(31)26-19-8-10-20(11-9-19)28-13-15-29(16-14-28)24(33)27-25(2,3)4/h6-11,17H,5,12-16,18H2,1-4H3,(H,26,31)(H,27,33). The van der Waals surface area contributed by atoms with E-state index < -0.39 is 0 Å². The fraction of sp³-hybridized carbons (Fsp3) is 0.480. The second kappa shape index (κ2) is 11.4. The minimum absolute atomic E-state index is 0.0188. The Hall–Kier alpha value is -3.07. The van der Waals surface area contributed by atoms with Crippen molar-refractivity contribution in [1.82, 2.24) is 15.1 Å². The van der Waals surface area contributed by atoms with Crippen molar-refractivity contribution in [2.75, 3.05) is 49.5 Å². The number of hydrogen-bond acceptors (Lipinski definition) is 5. The molecule has 0 unspecified atom stereocenters. The maximum Gasteiger partial charge on any atom is 0.317 e. The van der Waals surface area contributed by atoms with Crippen LogP contribution in [-0.2, 0) is 4.79 Å². The lowest BCUT2D eigenvalue weighted by atomic mass is 10.1. The van der Waals surface area contributed by atoms with Crippen molar-refractivity contribution < 1.29 is 14.4 Å². The quantitative estimate of drug-likeness (QED) is 0.624. The normalized spacial score (nSPS) is 14.0. The van der Waals surface area contributed by atoms with Crippen molar-refractivity contribution >= 4 is 40.6 Å². The molecule has 1 aliphatic rings. The molecular formula is C25H35N5O3S. The molecule has 0 aliphatic carbocycles. The molecule has 0 saturated carbocycles. The summed E-state index contributed by atoms with van der Waals surface area (Å²) in [6, 6.07) is 11.3. The lowest BCUT2D eigenvalue weighted by Gasteiger charge is -2.37. The molecule has 4 amide bonds. The highest BCUT2D eigenvalue weighted by Gasteiger charge is 2.24. The molecule has 0 atom stereocenters. The van der Waals surface area contributed by atoms with Crippen LogP contribution < -0.4 is 15.5 Å². The van der Waals surface area contributed by atoms with E-state index in [2.05, 4.69) is 15.5 Å². The summed E-state index contributed by atoms with van der Waals surface area (Å²) < 4.78 is 0. The topological polar surface area (TPSA) is 85.0 Å². The van der Waals surface area contributed by atoms with Gasteiger partial charge in [-0.05, 0) is 62.9 Å². The number of urea groups is 1. The summed E-state index contributed by atoms with van der Waals surface area (Å²) in [6.45, 7) is 11.3. The number of amides is 4. The molecular weight excluding hydrogens is 450 g/mol. The average Bonchev–Trinajstić information content (AvgIpc) is 3.33. The van der Waals surface area contributed by atoms with Gasteiger partial charge in [0.15, 0.2) is 0 Å². The summed E-state index contributed by atoms with van der Waals surface area (Å²) in [6.07, 6.45) is 0.782. The first-order valence-electron chi connectivity index (χ1n) is 11.7. The third kappa shape index (κ3) is 7.21. The number of nitrogens with zero attached hydrogens (tertiary/aromatic N) is 3. The van der Waals surface area contributed by atoms with Gasteiger partial charge in [0.25, 0.3) is 5.91 Å². The van der Waals surface area contributed by atoms with E-state index in [1.807, 2.05) is 68.3 Å². The highest BCUT2D eigenvalue weighted by Crippen LogP contribution is 2.20. The van der Waals surface area contributed by atoms with E-state index in [-0.39, 0.29) is 29.9 Å². The number of anilines is 2. The average molecular weight is 486 g/mol. The third-order valence-corrected chi connectivity index (χ3v) is 6.27. The molecule has 1 fully saturated rings. The van der Waals surface area contributed by atoms with Crippen molar-refractivity contribution in [3.8, 4) is 0 Å². The Labute approximate surface area is 205 Å². The van der Waals surface area contributed by atoms with Gasteiger partial charge >= 0.3 is 6.03 Å². The molecule has 2 N–H and O–H groups in total. The van der Waals surface area contributed by atoms with Gasteiger partial charge in [-0.15, -0.1) is 11.3 Å². The number of benzene rings is 1. The predicted molar refractivity (Wildman–Crippen MR) is 138 cm³/mol. The maximum atomic E-state index is 12.7. The molecule has 34 heavy (non-hydrogen) atoms. The Morgan fingerprint density at radius 2 is 1.71 bits per heavy atom. The van der Waals surface area contributed by atoms with Gasteiger partial charge in [-0.25, -0.2) is 4.79 Å². The van der Waals surface area contributed by atoms with Crippen LogP contribution in [0.5, 0.6) is 0 Å². The third-order valence-electron chi connectivity index (χ3n) is 5.41. The monoisotopic (exact) mass is 485 g/mol.